The van der Waals surface area contributed by atoms with E-state index in [4.69, 9.17) is 14.7 Å². The molecule has 0 aromatic heterocycles. The third-order valence-corrected chi connectivity index (χ3v) is 5.18. The van der Waals surface area contributed by atoms with Gasteiger partial charge < -0.3 is 14.4 Å². The minimum atomic E-state index is -0.616. The van der Waals surface area contributed by atoms with Gasteiger partial charge in [0.1, 0.15) is 12.4 Å². The molecule has 1 unspecified atom stereocenters. The van der Waals surface area contributed by atoms with Crippen LogP contribution in [0.15, 0.2) is 48.5 Å². The van der Waals surface area contributed by atoms with Crippen molar-refractivity contribution in [3.63, 3.8) is 0 Å². The second-order valence-electron chi connectivity index (χ2n) is 7.66. The maximum Gasteiger partial charge on any atom is 0.274 e. The molecular weight excluding hydrogens is 372 g/mol. The van der Waals surface area contributed by atoms with Crippen LogP contribution in [-0.2, 0) is 16.1 Å². The van der Waals surface area contributed by atoms with Crippen molar-refractivity contribution in [2.75, 3.05) is 13.7 Å². The van der Waals surface area contributed by atoms with Crippen LogP contribution >= 0.6 is 0 Å². The standard InChI is InChI=1S/C22H26N2O5/c1-22(2,28-3)12-20(25)24-13-17-10-9-16(21(26)23-27)11-19(17)29-14-18(24)15-7-5-4-6-8-15/h4-11,18,27H,12-14H2,1-3H3,(H,23,26). The highest BCUT2D eigenvalue weighted by Crippen LogP contribution is 2.33. The molecule has 0 radical (unpaired) electrons. The number of carbonyl (C=O) groups is 2. The Bertz CT molecular complexity index is 882. The molecule has 2 aromatic rings. The molecule has 29 heavy (non-hydrogen) atoms. The smallest absolute Gasteiger partial charge is 0.274 e. The first-order valence-electron chi connectivity index (χ1n) is 9.44. The van der Waals surface area contributed by atoms with Crippen LogP contribution < -0.4 is 10.2 Å². The lowest BCUT2D eigenvalue weighted by Gasteiger charge is -2.32. The highest BCUT2D eigenvalue weighted by molar-refractivity contribution is 5.93. The minimum Gasteiger partial charge on any atom is -0.491 e. The number of methoxy groups -OCH3 is 1. The second kappa shape index (κ2) is 8.63. The first-order valence-corrected chi connectivity index (χ1v) is 9.44. The summed E-state index contributed by atoms with van der Waals surface area (Å²) >= 11 is 0. The zero-order valence-corrected chi connectivity index (χ0v) is 16.8. The lowest BCUT2D eigenvalue weighted by atomic mass is 10.0. The fourth-order valence-corrected chi connectivity index (χ4v) is 3.33. The van der Waals surface area contributed by atoms with E-state index < -0.39 is 11.5 Å². The van der Waals surface area contributed by atoms with Gasteiger partial charge in [-0.2, -0.15) is 0 Å². The summed E-state index contributed by atoms with van der Waals surface area (Å²) < 4.78 is 11.4. The summed E-state index contributed by atoms with van der Waals surface area (Å²) in [6, 6.07) is 14.4. The van der Waals surface area contributed by atoms with Gasteiger partial charge in [-0.3, -0.25) is 14.8 Å². The summed E-state index contributed by atoms with van der Waals surface area (Å²) in [4.78, 5) is 26.8. The van der Waals surface area contributed by atoms with E-state index in [-0.39, 0.29) is 30.5 Å². The predicted octanol–water partition coefficient (Wildman–Crippen LogP) is 3.08. The van der Waals surface area contributed by atoms with E-state index in [2.05, 4.69) is 0 Å². The number of hydrogen-bond acceptors (Lipinski definition) is 5. The Labute approximate surface area is 170 Å². The first kappa shape index (κ1) is 20.8. The minimum absolute atomic E-state index is 0.0423. The van der Waals surface area contributed by atoms with Crippen molar-refractivity contribution in [3.05, 3.63) is 65.2 Å². The number of nitrogens with zero attached hydrogens (tertiary/aromatic N) is 1. The van der Waals surface area contributed by atoms with E-state index >= 15 is 0 Å². The quantitative estimate of drug-likeness (QED) is 0.597. The van der Waals surface area contributed by atoms with Crippen molar-refractivity contribution in [1.82, 2.24) is 10.4 Å². The molecule has 7 nitrogen and oxygen atoms in total. The predicted molar refractivity (Wildman–Crippen MR) is 107 cm³/mol. The summed E-state index contributed by atoms with van der Waals surface area (Å²) in [6.07, 6.45) is 0.229. The summed E-state index contributed by atoms with van der Waals surface area (Å²) in [6.45, 7) is 4.35. The third kappa shape index (κ3) is 4.75. The molecular formula is C22H26N2O5. The number of amides is 2. The monoisotopic (exact) mass is 398 g/mol. The fraction of sp³-hybridized carbons (Fsp3) is 0.364. The van der Waals surface area contributed by atoms with Crippen LogP contribution in [0.4, 0.5) is 0 Å². The average Bonchev–Trinajstić information content (AvgIpc) is 2.92. The van der Waals surface area contributed by atoms with Crippen molar-refractivity contribution < 1.29 is 24.3 Å². The first-order chi connectivity index (χ1) is 13.8. The van der Waals surface area contributed by atoms with Gasteiger partial charge in [0.2, 0.25) is 5.91 Å². The topological polar surface area (TPSA) is 88.1 Å². The molecule has 2 aromatic carbocycles. The Morgan fingerprint density at radius 1 is 1.24 bits per heavy atom. The van der Waals surface area contributed by atoms with Crippen molar-refractivity contribution in [2.24, 2.45) is 0 Å². The van der Waals surface area contributed by atoms with E-state index in [0.29, 0.717) is 12.3 Å². The maximum atomic E-state index is 13.2. The molecule has 154 valence electrons. The average molecular weight is 398 g/mol. The molecule has 2 N–H and O–H groups in total. The largest absolute Gasteiger partial charge is 0.491 e. The van der Waals surface area contributed by atoms with E-state index in [1.165, 1.54) is 0 Å². The molecule has 3 rings (SSSR count). The van der Waals surface area contributed by atoms with Crippen LogP contribution in [0.1, 0.15) is 47.8 Å². The maximum absolute atomic E-state index is 13.2. The van der Waals surface area contributed by atoms with Gasteiger partial charge in [-0.05, 0) is 31.5 Å². The van der Waals surface area contributed by atoms with Gasteiger partial charge in [-0.15, -0.1) is 0 Å². The zero-order chi connectivity index (χ0) is 21.0. The molecule has 0 aliphatic carbocycles. The Balaban J connectivity index is 1.96. The molecule has 0 spiro atoms. The van der Waals surface area contributed by atoms with Gasteiger partial charge in [-0.1, -0.05) is 36.4 Å². The molecule has 7 heteroatoms. The second-order valence-corrected chi connectivity index (χ2v) is 7.66. The highest BCUT2D eigenvalue weighted by Gasteiger charge is 2.33. The lowest BCUT2D eigenvalue weighted by molar-refractivity contribution is -0.140. The van der Waals surface area contributed by atoms with Gasteiger partial charge in [0, 0.05) is 18.2 Å². The number of hydrogen-bond donors (Lipinski definition) is 2. The Morgan fingerprint density at radius 2 is 1.97 bits per heavy atom. The molecule has 1 heterocycles. The summed E-state index contributed by atoms with van der Waals surface area (Å²) in [5, 5.41) is 8.88. The highest BCUT2D eigenvalue weighted by atomic mass is 16.5. The van der Waals surface area contributed by atoms with E-state index in [1.54, 1.807) is 35.7 Å². The van der Waals surface area contributed by atoms with Crippen LogP contribution in [0.2, 0.25) is 0 Å². The van der Waals surface area contributed by atoms with Crippen LogP contribution in [0.3, 0.4) is 0 Å². The number of benzene rings is 2. The van der Waals surface area contributed by atoms with E-state index in [0.717, 1.165) is 11.1 Å². The molecule has 0 saturated heterocycles. The van der Waals surface area contributed by atoms with Crippen LogP contribution in [0.25, 0.3) is 0 Å². The van der Waals surface area contributed by atoms with Crippen LogP contribution in [0, 0.1) is 0 Å². The van der Waals surface area contributed by atoms with Crippen molar-refractivity contribution in [3.8, 4) is 5.75 Å². The number of ether oxygens (including phenoxy) is 2. The van der Waals surface area contributed by atoms with Crippen molar-refractivity contribution >= 4 is 11.8 Å². The van der Waals surface area contributed by atoms with Crippen molar-refractivity contribution in [1.29, 1.82) is 0 Å². The van der Waals surface area contributed by atoms with Crippen LogP contribution in [-0.4, -0.2) is 41.2 Å². The number of fused-ring (bicyclic) bond motifs is 1. The van der Waals surface area contributed by atoms with E-state index in [9.17, 15) is 9.59 Å². The Morgan fingerprint density at radius 3 is 2.62 bits per heavy atom. The van der Waals surface area contributed by atoms with Gasteiger partial charge >= 0.3 is 0 Å². The summed E-state index contributed by atoms with van der Waals surface area (Å²) in [5.41, 5.74) is 3.08. The van der Waals surface area contributed by atoms with Crippen LogP contribution in [0.5, 0.6) is 5.75 Å². The summed E-state index contributed by atoms with van der Waals surface area (Å²) in [7, 11) is 1.59. The normalized spacial score (nSPS) is 16.4. The zero-order valence-electron chi connectivity index (χ0n) is 16.8. The Hall–Kier alpha value is -2.90. The number of carbonyl (C=O) groups excluding carboxylic acids is 2. The molecule has 0 fully saturated rings. The Kier molecular flexibility index (Phi) is 6.20. The molecule has 1 aliphatic heterocycles. The number of nitrogens with one attached hydrogen (secondary N) is 1. The van der Waals surface area contributed by atoms with Gasteiger partial charge in [0.15, 0.2) is 0 Å². The molecule has 1 aliphatic rings. The third-order valence-electron chi connectivity index (χ3n) is 5.18. The number of hydroxylamine groups is 1. The molecule has 2 amide bonds. The fourth-order valence-electron chi connectivity index (χ4n) is 3.33. The van der Waals surface area contributed by atoms with Crippen molar-refractivity contribution in [2.45, 2.75) is 38.5 Å². The van der Waals surface area contributed by atoms with Gasteiger partial charge in [0.05, 0.1) is 24.6 Å². The summed E-state index contributed by atoms with van der Waals surface area (Å²) in [5.74, 6) is -0.136. The van der Waals surface area contributed by atoms with E-state index in [1.807, 2.05) is 44.2 Å². The van der Waals surface area contributed by atoms with Gasteiger partial charge in [0.25, 0.3) is 5.91 Å². The van der Waals surface area contributed by atoms with Gasteiger partial charge in [-0.25, -0.2) is 5.48 Å². The number of rotatable bonds is 5. The molecule has 0 bridgehead atoms. The SMILES string of the molecule is COC(C)(C)CC(=O)N1Cc2ccc(C(=O)NO)cc2OCC1c1ccccc1. The molecule has 0 saturated carbocycles. The molecule has 1 atom stereocenters. The lowest BCUT2D eigenvalue weighted by Crippen LogP contribution is -2.40.